The Labute approximate surface area is 110 Å². The third-order valence-corrected chi connectivity index (χ3v) is 2.25. The number of aliphatic hydroxyl groups is 2. The van der Waals surface area contributed by atoms with E-state index >= 15 is 0 Å². The largest absolute Gasteiger partial charge is 0.573 e. The van der Waals surface area contributed by atoms with E-state index in [9.17, 15) is 28.5 Å². The predicted octanol–water partition coefficient (Wildman–Crippen LogP) is 2.00. The summed E-state index contributed by atoms with van der Waals surface area (Å²) in [6, 6.07) is 2.47. The van der Waals surface area contributed by atoms with Crippen LogP contribution >= 0.6 is 0 Å². The van der Waals surface area contributed by atoms with Gasteiger partial charge in [-0.05, 0) is 17.7 Å². The fraction of sp³-hybridized carbons (Fsp3) is 0.400. The van der Waals surface area contributed by atoms with Gasteiger partial charge in [-0.25, -0.2) is 0 Å². The Hall–Kier alpha value is -2.16. The first-order valence-electron chi connectivity index (χ1n) is 5.20. The lowest BCUT2D eigenvalue weighted by atomic mass is 10.0. The zero-order chi connectivity index (χ0) is 15.3. The number of phenols is 1. The third-order valence-electron chi connectivity index (χ3n) is 2.25. The summed E-state index contributed by atoms with van der Waals surface area (Å²) in [5, 5.41) is 31.6. The molecule has 0 aliphatic rings. The average Bonchev–Trinajstić information content (AvgIpc) is 2.33. The molecule has 0 amide bonds. The summed E-state index contributed by atoms with van der Waals surface area (Å²) in [4.78, 5) is 2.37. The van der Waals surface area contributed by atoms with Crippen molar-refractivity contribution in [2.75, 3.05) is 6.54 Å². The van der Waals surface area contributed by atoms with Gasteiger partial charge in [0, 0.05) is 16.5 Å². The molecule has 0 saturated heterocycles. The second kappa shape index (κ2) is 6.33. The van der Waals surface area contributed by atoms with Crippen LogP contribution in [0.4, 0.5) is 13.2 Å². The van der Waals surface area contributed by atoms with Gasteiger partial charge in [-0.1, -0.05) is 5.11 Å². The van der Waals surface area contributed by atoms with Gasteiger partial charge in [0.05, 0.1) is 12.6 Å². The van der Waals surface area contributed by atoms with Crippen LogP contribution in [0.15, 0.2) is 23.3 Å². The molecular formula is C10H10F3N3O4. The number of halogens is 3. The second-order valence-electron chi connectivity index (χ2n) is 3.69. The molecule has 10 heteroatoms. The summed E-state index contributed by atoms with van der Waals surface area (Å²) in [5.74, 6) is -1.37. The Morgan fingerprint density at radius 2 is 2.00 bits per heavy atom. The van der Waals surface area contributed by atoms with Crippen molar-refractivity contribution in [3.63, 3.8) is 0 Å². The van der Waals surface area contributed by atoms with Gasteiger partial charge in [0.15, 0.2) is 0 Å². The molecule has 0 aromatic heterocycles. The molecule has 7 nitrogen and oxygen atoms in total. The van der Waals surface area contributed by atoms with Gasteiger partial charge in [0.1, 0.15) is 17.6 Å². The van der Waals surface area contributed by atoms with E-state index in [4.69, 9.17) is 5.53 Å². The summed E-state index contributed by atoms with van der Waals surface area (Å²) in [5.41, 5.74) is 7.84. The van der Waals surface area contributed by atoms with E-state index in [1.165, 1.54) is 0 Å². The molecule has 0 saturated carbocycles. The SMILES string of the molecule is [N-]=[N+]=NCC(O)C(O)c1ccc(OC(F)(F)F)cc1O. The highest BCUT2D eigenvalue weighted by Gasteiger charge is 2.31. The van der Waals surface area contributed by atoms with Crippen molar-refractivity contribution in [1.29, 1.82) is 0 Å². The molecule has 2 unspecified atom stereocenters. The Morgan fingerprint density at radius 1 is 1.35 bits per heavy atom. The number of ether oxygens (including phenoxy) is 1. The first-order valence-corrected chi connectivity index (χ1v) is 5.20. The molecule has 0 radical (unpaired) electrons. The minimum Gasteiger partial charge on any atom is -0.507 e. The predicted molar refractivity (Wildman–Crippen MR) is 59.8 cm³/mol. The van der Waals surface area contributed by atoms with Gasteiger partial charge < -0.3 is 20.1 Å². The summed E-state index contributed by atoms with van der Waals surface area (Å²) in [7, 11) is 0. The topological polar surface area (TPSA) is 119 Å². The van der Waals surface area contributed by atoms with Crippen LogP contribution < -0.4 is 4.74 Å². The van der Waals surface area contributed by atoms with Gasteiger partial charge in [-0.15, -0.1) is 13.2 Å². The van der Waals surface area contributed by atoms with E-state index in [1.807, 2.05) is 0 Å². The fourth-order valence-electron chi connectivity index (χ4n) is 1.40. The molecule has 1 aromatic rings. The van der Waals surface area contributed by atoms with E-state index in [2.05, 4.69) is 14.8 Å². The number of alkyl halides is 3. The quantitative estimate of drug-likeness (QED) is 0.437. The lowest BCUT2D eigenvalue weighted by Crippen LogP contribution is -2.21. The van der Waals surface area contributed by atoms with Crippen LogP contribution in [0.1, 0.15) is 11.7 Å². The van der Waals surface area contributed by atoms with Gasteiger partial charge >= 0.3 is 6.36 Å². The Morgan fingerprint density at radius 3 is 2.50 bits per heavy atom. The zero-order valence-corrected chi connectivity index (χ0v) is 9.82. The summed E-state index contributed by atoms with van der Waals surface area (Å²) >= 11 is 0. The first-order chi connectivity index (χ1) is 9.24. The normalized spacial score (nSPS) is 14.2. The van der Waals surface area contributed by atoms with Crippen LogP contribution in [0, 0.1) is 0 Å². The standard InChI is InChI=1S/C10H10F3N3O4/c11-10(12,13)20-5-1-2-6(7(17)3-5)9(19)8(18)4-15-16-14/h1-3,8-9,17-19H,4H2. The van der Waals surface area contributed by atoms with E-state index < -0.39 is 36.6 Å². The maximum atomic E-state index is 12.0. The molecule has 2 atom stereocenters. The van der Waals surface area contributed by atoms with Crippen molar-refractivity contribution in [2.24, 2.45) is 5.11 Å². The number of nitrogens with zero attached hydrogens (tertiary/aromatic N) is 3. The molecule has 0 aliphatic carbocycles. The van der Waals surface area contributed by atoms with Gasteiger partial charge in [-0.2, -0.15) is 0 Å². The van der Waals surface area contributed by atoms with Crippen LogP contribution in [0.2, 0.25) is 0 Å². The second-order valence-corrected chi connectivity index (χ2v) is 3.69. The Bertz CT molecular complexity index is 517. The monoisotopic (exact) mass is 293 g/mol. The van der Waals surface area contributed by atoms with E-state index in [-0.39, 0.29) is 5.56 Å². The molecule has 20 heavy (non-hydrogen) atoms. The third kappa shape index (κ3) is 4.50. The van der Waals surface area contributed by atoms with Crippen molar-refractivity contribution in [3.8, 4) is 11.5 Å². The molecule has 3 N–H and O–H groups in total. The summed E-state index contributed by atoms with van der Waals surface area (Å²) in [6.45, 7) is -0.460. The lowest BCUT2D eigenvalue weighted by Gasteiger charge is -2.18. The molecule has 110 valence electrons. The lowest BCUT2D eigenvalue weighted by molar-refractivity contribution is -0.274. The van der Waals surface area contributed by atoms with Crippen molar-refractivity contribution >= 4 is 0 Å². The Balaban J connectivity index is 2.89. The number of aromatic hydroxyl groups is 1. The molecular weight excluding hydrogens is 283 g/mol. The molecule has 1 aromatic carbocycles. The minimum absolute atomic E-state index is 0.222. The molecule has 0 heterocycles. The van der Waals surface area contributed by atoms with E-state index in [1.54, 1.807) is 0 Å². The zero-order valence-electron chi connectivity index (χ0n) is 9.82. The van der Waals surface area contributed by atoms with Crippen LogP contribution in [-0.4, -0.2) is 34.3 Å². The number of benzene rings is 1. The van der Waals surface area contributed by atoms with Crippen LogP contribution in [0.5, 0.6) is 11.5 Å². The maximum Gasteiger partial charge on any atom is 0.573 e. The van der Waals surface area contributed by atoms with E-state index in [0.29, 0.717) is 6.07 Å². The molecule has 1 rings (SSSR count). The highest BCUT2D eigenvalue weighted by Crippen LogP contribution is 2.32. The first kappa shape index (κ1) is 15.9. The van der Waals surface area contributed by atoms with Crippen molar-refractivity contribution in [1.82, 2.24) is 0 Å². The molecule has 0 spiro atoms. The van der Waals surface area contributed by atoms with Crippen LogP contribution in [0.25, 0.3) is 10.4 Å². The number of hydrogen-bond acceptors (Lipinski definition) is 5. The minimum atomic E-state index is -4.91. The number of aliphatic hydroxyl groups excluding tert-OH is 2. The molecule has 0 bridgehead atoms. The smallest absolute Gasteiger partial charge is 0.507 e. The van der Waals surface area contributed by atoms with E-state index in [0.717, 1.165) is 12.1 Å². The van der Waals surface area contributed by atoms with Crippen LogP contribution in [0.3, 0.4) is 0 Å². The average molecular weight is 293 g/mol. The van der Waals surface area contributed by atoms with Crippen molar-refractivity contribution < 1.29 is 33.2 Å². The highest BCUT2D eigenvalue weighted by molar-refractivity contribution is 5.41. The number of rotatable bonds is 5. The van der Waals surface area contributed by atoms with Crippen molar-refractivity contribution in [3.05, 3.63) is 34.2 Å². The summed E-state index contributed by atoms with van der Waals surface area (Å²) < 4.78 is 39.5. The number of hydrogen-bond donors (Lipinski definition) is 3. The van der Waals surface area contributed by atoms with Crippen LogP contribution in [-0.2, 0) is 0 Å². The Kier molecular flexibility index (Phi) is 5.03. The van der Waals surface area contributed by atoms with Gasteiger partial charge in [0.2, 0.25) is 0 Å². The molecule has 0 aliphatic heterocycles. The maximum absolute atomic E-state index is 12.0. The van der Waals surface area contributed by atoms with Crippen molar-refractivity contribution in [2.45, 2.75) is 18.6 Å². The molecule has 0 fully saturated rings. The van der Waals surface area contributed by atoms with Gasteiger partial charge in [-0.3, -0.25) is 0 Å². The highest BCUT2D eigenvalue weighted by atomic mass is 19.4. The number of azide groups is 1. The fourth-order valence-corrected chi connectivity index (χ4v) is 1.40. The number of phenolic OH excluding ortho intramolecular Hbond substituents is 1. The van der Waals surface area contributed by atoms with Gasteiger partial charge in [0.25, 0.3) is 0 Å². The summed E-state index contributed by atoms with van der Waals surface area (Å²) in [6.07, 6.45) is -8.04.